The van der Waals surface area contributed by atoms with Crippen molar-refractivity contribution in [3.8, 4) is 0 Å². The number of hydrogen-bond acceptors (Lipinski definition) is 4. The number of carbonyl (C=O) groups is 1. The van der Waals surface area contributed by atoms with Crippen LogP contribution in [0.4, 0.5) is 10.5 Å². The lowest BCUT2D eigenvalue weighted by molar-refractivity contribution is 0.0544. The molecule has 0 amide bonds. The Morgan fingerprint density at radius 1 is 1.35 bits per heavy atom. The zero-order valence-corrected chi connectivity index (χ0v) is 15.4. The van der Waals surface area contributed by atoms with E-state index in [1.807, 2.05) is 0 Å². The van der Waals surface area contributed by atoms with Gasteiger partial charge in [0.15, 0.2) is 9.84 Å². The highest BCUT2D eigenvalue weighted by Crippen LogP contribution is 2.37. The summed E-state index contributed by atoms with van der Waals surface area (Å²) in [7, 11) is -3.72. The number of sulfone groups is 1. The minimum Gasteiger partial charge on any atom is -0.443 e. The number of aromatic nitrogens is 1. The van der Waals surface area contributed by atoms with Crippen molar-refractivity contribution in [2.75, 3.05) is 6.26 Å². The Hall–Kier alpha value is -1.85. The number of fused-ring (bicyclic) bond motifs is 1. The molecule has 2 aromatic rings. The number of carbonyl (C=O) groups excluding carboxylic acids is 1. The fraction of sp³-hybridized carbons (Fsp3) is 0.333. The highest BCUT2D eigenvalue weighted by Gasteiger charge is 2.26. The van der Waals surface area contributed by atoms with E-state index in [0.29, 0.717) is 9.86 Å². The predicted octanol–water partition coefficient (Wildman–Crippen LogP) is 4.14. The van der Waals surface area contributed by atoms with Crippen LogP contribution in [-0.4, -0.2) is 30.9 Å². The second kappa shape index (κ2) is 5.65. The summed E-state index contributed by atoms with van der Waals surface area (Å²) in [5.74, 6) is 0. The predicted molar refractivity (Wildman–Crippen MR) is 90.6 cm³/mol. The van der Waals surface area contributed by atoms with E-state index < -0.39 is 21.5 Å². The van der Waals surface area contributed by atoms with Crippen LogP contribution in [0.25, 0.3) is 15.7 Å². The summed E-state index contributed by atoms with van der Waals surface area (Å²) in [6.45, 7) is 12.3. The van der Waals surface area contributed by atoms with E-state index in [-0.39, 0.29) is 16.1 Å². The molecule has 0 aliphatic heterocycles. The average Bonchev–Trinajstić information content (AvgIpc) is 2.72. The summed E-state index contributed by atoms with van der Waals surface area (Å²) in [5, 5.41) is 0.517. The molecule has 23 heavy (non-hydrogen) atoms. The quantitative estimate of drug-likeness (QED) is 0.676. The number of rotatable bonds is 1. The van der Waals surface area contributed by atoms with Crippen LogP contribution in [0.15, 0.2) is 27.7 Å². The second-order valence-corrected chi connectivity index (χ2v) is 8.83. The maximum Gasteiger partial charge on any atom is 0.419 e. The lowest BCUT2D eigenvalue weighted by Crippen LogP contribution is -2.27. The molecule has 0 spiro atoms. The first-order valence-corrected chi connectivity index (χ1v) is 9.28. The third-order valence-corrected chi connectivity index (χ3v) is 4.71. The van der Waals surface area contributed by atoms with Gasteiger partial charge in [0.25, 0.3) is 0 Å². The standard InChI is InChI=1S/C15H15BrN2O4S/c1-15(2,3)22-14(19)18-8-10(16)9-6-7-11(17-4)13(12(9)18)23(5,20)21/h6-8H,1-3,5H3. The fourth-order valence-corrected chi connectivity index (χ4v) is 3.73. The van der Waals surface area contributed by atoms with Crippen molar-refractivity contribution >= 4 is 48.5 Å². The second-order valence-electron chi connectivity index (χ2n) is 6.02. The Kier molecular flexibility index (Phi) is 4.30. The van der Waals surface area contributed by atoms with Gasteiger partial charge in [-0.1, -0.05) is 12.1 Å². The summed E-state index contributed by atoms with van der Waals surface area (Å²) in [6, 6.07) is 3.03. The molecule has 0 unspecified atom stereocenters. The van der Waals surface area contributed by atoms with Crippen LogP contribution in [0.2, 0.25) is 0 Å². The number of hydrogen-bond donors (Lipinski definition) is 0. The van der Waals surface area contributed by atoms with E-state index in [2.05, 4.69) is 20.8 Å². The highest BCUT2D eigenvalue weighted by atomic mass is 79.9. The van der Waals surface area contributed by atoms with E-state index in [0.717, 1.165) is 10.8 Å². The Labute approximate surface area is 142 Å². The molecule has 0 radical (unpaired) electrons. The van der Waals surface area contributed by atoms with E-state index in [9.17, 15) is 13.2 Å². The first kappa shape index (κ1) is 17.5. The van der Waals surface area contributed by atoms with Crippen LogP contribution < -0.4 is 0 Å². The Bertz CT molecular complexity index is 946. The van der Waals surface area contributed by atoms with Crippen molar-refractivity contribution in [3.05, 3.63) is 34.2 Å². The van der Waals surface area contributed by atoms with Gasteiger partial charge in [-0.05, 0) is 36.7 Å². The van der Waals surface area contributed by atoms with Crippen LogP contribution >= 0.6 is 15.9 Å². The van der Waals surface area contributed by atoms with E-state index in [1.165, 1.54) is 12.3 Å². The molecule has 1 aromatic heterocycles. The number of halogens is 1. The molecule has 0 N–H and O–H groups in total. The van der Waals surface area contributed by atoms with Gasteiger partial charge in [0.05, 0.1) is 17.0 Å². The average molecular weight is 399 g/mol. The van der Waals surface area contributed by atoms with E-state index >= 15 is 0 Å². The lowest BCUT2D eigenvalue weighted by atomic mass is 10.2. The minimum atomic E-state index is -3.72. The molecule has 1 heterocycles. The molecule has 122 valence electrons. The van der Waals surface area contributed by atoms with Gasteiger partial charge in [0.2, 0.25) is 5.69 Å². The molecule has 6 nitrogen and oxygen atoms in total. The van der Waals surface area contributed by atoms with E-state index in [1.54, 1.807) is 26.8 Å². The molecule has 0 bridgehead atoms. The van der Waals surface area contributed by atoms with Crippen molar-refractivity contribution in [3.63, 3.8) is 0 Å². The molecular formula is C15H15BrN2O4S. The molecule has 1 aromatic carbocycles. The maximum atomic E-state index is 12.4. The van der Waals surface area contributed by atoms with Gasteiger partial charge in [-0.3, -0.25) is 4.57 Å². The number of ether oxygens (including phenoxy) is 1. The first-order valence-electron chi connectivity index (χ1n) is 6.60. The topological polar surface area (TPSA) is 69.7 Å². The molecule has 0 saturated heterocycles. The number of benzene rings is 1. The van der Waals surface area contributed by atoms with Crippen molar-refractivity contribution in [1.82, 2.24) is 4.57 Å². The number of nitrogens with zero attached hydrogens (tertiary/aromatic N) is 2. The molecule has 8 heteroatoms. The van der Waals surface area contributed by atoms with Crippen molar-refractivity contribution < 1.29 is 17.9 Å². The third kappa shape index (κ3) is 3.41. The molecule has 0 aliphatic carbocycles. The zero-order valence-electron chi connectivity index (χ0n) is 13.0. The van der Waals surface area contributed by atoms with Crippen LogP contribution in [0.5, 0.6) is 0 Å². The van der Waals surface area contributed by atoms with Gasteiger partial charge in [0, 0.05) is 22.3 Å². The summed E-state index contributed by atoms with van der Waals surface area (Å²) >= 11 is 3.31. The third-order valence-electron chi connectivity index (χ3n) is 2.93. The maximum absolute atomic E-state index is 12.4. The molecule has 2 rings (SSSR count). The largest absolute Gasteiger partial charge is 0.443 e. The van der Waals surface area contributed by atoms with Gasteiger partial charge in [0.1, 0.15) is 5.60 Å². The molecule has 0 fully saturated rings. The van der Waals surface area contributed by atoms with Crippen LogP contribution in [0.1, 0.15) is 20.8 Å². The zero-order chi connectivity index (χ0) is 17.6. The van der Waals surface area contributed by atoms with Crippen LogP contribution in [0.3, 0.4) is 0 Å². The molecule has 0 saturated carbocycles. The summed E-state index contributed by atoms with van der Waals surface area (Å²) in [6.07, 6.45) is 1.75. The summed E-state index contributed by atoms with van der Waals surface area (Å²) in [5.41, 5.74) is -0.624. The summed E-state index contributed by atoms with van der Waals surface area (Å²) < 4.78 is 31.3. The molecular weight excluding hydrogens is 384 g/mol. The van der Waals surface area contributed by atoms with Crippen molar-refractivity contribution in [2.24, 2.45) is 0 Å². The van der Waals surface area contributed by atoms with Gasteiger partial charge in [-0.15, -0.1) is 0 Å². The smallest absolute Gasteiger partial charge is 0.419 e. The van der Waals surface area contributed by atoms with Crippen molar-refractivity contribution in [1.29, 1.82) is 0 Å². The molecule has 0 aliphatic rings. The summed E-state index contributed by atoms with van der Waals surface area (Å²) in [4.78, 5) is 15.5. The van der Waals surface area contributed by atoms with Gasteiger partial charge in [-0.2, -0.15) is 0 Å². The lowest BCUT2D eigenvalue weighted by Gasteiger charge is -2.20. The molecule has 0 atom stereocenters. The monoisotopic (exact) mass is 398 g/mol. The Morgan fingerprint density at radius 2 is 1.96 bits per heavy atom. The van der Waals surface area contributed by atoms with E-state index in [4.69, 9.17) is 11.3 Å². The van der Waals surface area contributed by atoms with Gasteiger partial charge in [-0.25, -0.2) is 18.1 Å². The van der Waals surface area contributed by atoms with Gasteiger partial charge >= 0.3 is 6.09 Å². The first-order chi connectivity index (χ1) is 10.5. The van der Waals surface area contributed by atoms with Gasteiger partial charge < -0.3 is 4.74 Å². The SMILES string of the molecule is [C-]#[N+]c1ccc2c(Br)cn(C(=O)OC(C)(C)C)c2c1S(C)(=O)=O. The fourth-order valence-electron chi connectivity index (χ4n) is 2.15. The normalized spacial score (nSPS) is 12.2. The highest BCUT2D eigenvalue weighted by molar-refractivity contribution is 9.10. The van der Waals surface area contributed by atoms with Crippen LogP contribution in [-0.2, 0) is 14.6 Å². The Morgan fingerprint density at radius 3 is 2.43 bits per heavy atom. The minimum absolute atomic E-state index is 0.0320. The van der Waals surface area contributed by atoms with Crippen LogP contribution in [0, 0.1) is 6.57 Å². The Balaban J connectivity index is 2.88. The van der Waals surface area contributed by atoms with Crippen molar-refractivity contribution in [2.45, 2.75) is 31.3 Å².